The summed E-state index contributed by atoms with van der Waals surface area (Å²) in [6.07, 6.45) is 1.74. The van der Waals surface area contributed by atoms with Crippen molar-refractivity contribution in [1.29, 1.82) is 0 Å². The lowest BCUT2D eigenvalue weighted by Gasteiger charge is -2.40. The first-order valence-corrected chi connectivity index (χ1v) is 17.2. The van der Waals surface area contributed by atoms with Crippen LogP contribution in [0.25, 0.3) is 0 Å². The molecule has 2 aromatic rings. The number of carbonyl (C=O) groups excluding carboxylic acids is 1. The lowest BCUT2D eigenvalue weighted by molar-refractivity contribution is -0.139. The van der Waals surface area contributed by atoms with E-state index in [0.29, 0.717) is 6.54 Å². The first-order valence-electron chi connectivity index (χ1n) is 12.4. The summed E-state index contributed by atoms with van der Waals surface area (Å²) in [4.78, 5) is 11.5. The maximum atomic E-state index is 11.8. The zero-order chi connectivity index (χ0) is 28.0. The molecule has 37 heavy (non-hydrogen) atoms. The topological polar surface area (TPSA) is 114 Å². The molecule has 8 nitrogen and oxygen atoms in total. The van der Waals surface area contributed by atoms with E-state index in [4.69, 9.17) is 9.16 Å². The van der Waals surface area contributed by atoms with Crippen LogP contribution in [-0.2, 0) is 36.8 Å². The van der Waals surface area contributed by atoms with Gasteiger partial charge >= 0.3 is 5.97 Å². The molecule has 0 radical (unpaired) electrons. The Bertz CT molecular complexity index is 1160. The monoisotopic (exact) mass is 550 g/mol. The fourth-order valence-corrected chi connectivity index (χ4v) is 5.41. The van der Waals surface area contributed by atoms with Gasteiger partial charge in [-0.2, -0.15) is 0 Å². The number of sulfonamides is 1. The van der Waals surface area contributed by atoms with Crippen molar-refractivity contribution in [3.8, 4) is 5.75 Å². The summed E-state index contributed by atoms with van der Waals surface area (Å²) in [5, 5.41) is 13.7. The third-order valence-corrected chi connectivity index (χ3v) is 11.8. The normalized spacial score (nSPS) is 14.2. The first-order chi connectivity index (χ1) is 17.0. The van der Waals surface area contributed by atoms with Crippen LogP contribution in [0.3, 0.4) is 0 Å². The highest BCUT2D eigenvalue weighted by atomic mass is 32.2. The third kappa shape index (κ3) is 9.77. The Kier molecular flexibility index (Phi) is 10.4. The molecule has 0 fully saturated rings. The van der Waals surface area contributed by atoms with E-state index in [1.165, 1.54) is 13.2 Å². The number of phenols is 1. The zero-order valence-corrected chi connectivity index (χ0v) is 25.0. The summed E-state index contributed by atoms with van der Waals surface area (Å²) in [5.74, 6) is -0.406. The van der Waals surface area contributed by atoms with Crippen LogP contribution in [-0.4, -0.2) is 53.8 Å². The van der Waals surface area contributed by atoms with Gasteiger partial charge in [0.05, 0.1) is 31.6 Å². The maximum Gasteiger partial charge on any atom is 0.309 e. The van der Waals surface area contributed by atoms with Crippen LogP contribution < -0.4 is 10.0 Å². The minimum absolute atomic E-state index is 0.0203. The molecule has 10 heteroatoms. The summed E-state index contributed by atoms with van der Waals surface area (Å²) in [7, 11) is -4.35. The van der Waals surface area contributed by atoms with Gasteiger partial charge in [-0.05, 0) is 60.3 Å². The molecule has 0 saturated carbocycles. The summed E-state index contributed by atoms with van der Waals surface area (Å²) >= 11 is 0. The van der Waals surface area contributed by atoms with Crippen molar-refractivity contribution in [2.75, 3.05) is 24.6 Å². The predicted molar refractivity (Wildman–Crippen MR) is 151 cm³/mol. The van der Waals surface area contributed by atoms with Crippen LogP contribution in [0.15, 0.2) is 42.5 Å². The molecule has 206 valence electrons. The molecular weight excluding hydrogens is 508 g/mol. The Morgan fingerprint density at radius 2 is 1.68 bits per heavy atom. The number of ether oxygens (including phenoxy) is 1. The number of nitrogens with one attached hydrogen (secondary N) is 2. The van der Waals surface area contributed by atoms with E-state index in [9.17, 15) is 18.3 Å². The van der Waals surface area contributed by atoms with Crippen molar-refractivity contribution in [2.24, 2.45) is 0 Å². The molecular formula is C27H42N2O6SSi. The molecule has 0 bridgehead atoms. The van der Waals surface area contributed by atoms with Crippen molar-refractivity contribution >= 4 is 30.0 Å². The minimum Gasteiger partial charge on any atom is -0.506 e. The smallest absolute Gasteiger partial charge is 0.309 e. The molecule has 2 atom stereocenters. The summed E-state index contributed by atoms with van der Waals surface area (Å²) in [5.41, 5.74) is 2.95. The molecule has 0 aromatic heterocycles. The van der Waals surface area contributed by atoms with Crippen molar-refractivity contribution < 1.29 is 27.5 Å². The number of phenolic OH excluding ortho intramolecular Hbond substituents is 1. The highest BCUT2D eigenvalue weighted by Gasteiger charge is 2.39. The Labute approximate surface area is 223 Å². The Hall–Kier alpha value is -2.40. The summed E-state index contributed by atoms with van der Waals surface area (Å²) in [6.45, 7) is 13.5. The van der Waals surface area contributed by atoms with Gasteiger partial charge in [0.2, 0.25) is 10.0 Å². The summed E-state index contributed by atoms with van der Waals surface area (Å²) < 4.78 is 37.4. The van der Waals surface area contributed by atoms with Crippen LogP contribution >= 0.6 is 0 Å². The van der Waals surface area contributed by atoms with E-state index in [0.717, 1.165) is 29.4 Å². The Balaban J connectivity index is 2.20. The van der Waals surface area contributed by atoms with E-state index in [1.54, 1.807) is 12.1 Å². The average Bonchev–Trinajstić information content (AvgIpc) is 2.77. The molecule has 2 rings (SSSR count). The fourth-order valence-electron chi connectivity index (χ4n) is 3.56. The number of rotatable bonds is 12. The van der Waals surface area contributed by atoms with E-state index in [1.807, 2.05) is 24.3 Å². The molecule has 0 amide bonds. The Morgan fingerprint density at radius 3 is 2.22 bits per heavy atom. The summed E-state index contributed by atoms with van der Waals surface area (Å²) in [6, 6.07) is 12.9. The van der Waals surface area contributed by atoms with E-state index in [-0.39, 0.29) is 41.0 Å². The van der Waals surface area contributed by atoms with Gasteiger partial charge in [-0.15, -0.1) is 0 Å². The standard InChI is InChI=1S/C27H42N2O6SSi/c1-19(15-20-9-11-21(12-10-20)16-26(31)34-5)28-18-25(35-37(7,8)27(2,3)4)22-13-14-24(30)23(17-22)29-36(6,32)33/h9-14,17,19,25,28-30H,15-16,18H2,1-8H3/t19-,25+/m1/s1. The number of carbonyl (C=O) groups is 1. The van der Waals surface area contributed by atoms with Gasteiger partial charge in [0.15, 0.2) is 8.32 Å². The number of aromatic hydroxyl groups is 1. The van der Waals surface area contributed by atoms with Gasteiger partial charge < -0.3 is 19.6 Å². The van der Waals surface area contributed by atoms with Gasteiger partial charge in [0.1, 0.15) is 5.75 Å². The van der Waals surface area contributed by atoms with Crippen LogP contribution in [0.2, 0.25) is 18.1 Å². The van der Waals surface area contributed by atoms with E-state index >= 15 is 0 Å². The SMILES string of the molecule is COC(=O)Cc1ccc(C[C@@H](C)NC[C@H](O[Si](C)(C)C(C)(C)C)c2ccc(O)c(NS(C)(=O)=O)c2)cc1. The van der Waals surface area contributed by atoms with Crippen LogP contribution in [0.4, 0.5) is 5.69 Å². The lowest BCUT2D eigenvalue weighted by atomic mass is 10.0. The maximum absolute atomic E-state index is 11.8. The van der Waals surface area contributed by atoms with Crippen LogP contribution in [0.5, 0.6) is 5.75 Å². The van der Waals surface area contributed by atoms with Crippen LogP contribution in [0, 0.1) is 0 Å². The second-order valence-corrected chi connectivity index (χ2v) is 17.6. The van der Waals surface area contributed by atoms with Gasteiger partial charge in [-0.25, -0.2) is 8.42 Å². The molecule has 0 saturated heterocycles. The predicted octanol–water partition coefficient (Wildman–Crippen LogP) is 4.76. The largest absolute Gasteiger partial charge is 0.506 e. The highest BCUT2D eigenvalue weighted by Crippen LogP contribution is 2.40. The van der Waals surface area contributed by atoms with Gasteiger partial charge in [-0.1, -0.05) is 51.1 Å². The average molecular weight is 551 g/mol. The van der Waals surface area contributed by atoms with E-state index < -0.39 is 18.3 Å². The highest BCUT2D eigenvalue weighted by molar-refractivity contribution is 7.92. The van der Waals surface area contributed by atoms with Crippen molar-refractivity contribution in [3.05, 3.63) is 59.2 Å². The van der Waals surface area contributed by atoms with E-state index in [2.05, 4.69) is 50.8 Å². The number of anilines is 1. The second kappa shape index (κ2) is 12.4. The molecule has 0 aliphatic rings. The van der Waals surface area contributed by atoms with Crippen molar-refractivity contribution in [1.82, 2.24) is 5.32 Å². The molecule has 0 heterocycles. The zero-order valence-electron chi connectivity index (χ0n) is 23.2. The number of hydrogen-bond acceptors (Lipinski definition) is 7. The Morgan fingerprint density at radius 1 is 1.08 bits per heavy atom. The van der Waals surface area contributed by atoms with Crippen molar-refractivity contribution in [3.63, 3.8) is 0 Å². The molecule has 2 aromatic carbocycles. The van der Waals surface area contributed by atoms with Crippen LogP contribution in [0.1, 0.15) is 50.5 Å². The van der Waals surface area contributed by atoms with Gasteiger partial charge in [0.25, 0.3) is 0 Å². The van der Waals surface area contributed by atoms with Crippen molar-refractivity contribution in [2.45, 2.75) is 70.8 Å². The third-order valence-electron chi connectivity index (χ3n) is 6.72. The molecule has 0 aliphatic carbocycles. The lowest BCUT2D eigenvalue weighted by Crippen LogP contribution is -2.44. The quantitative estimate of drug-likeness (QED) is 0.198. The van der Waals surface area contributed by atoms with Gasteiger partial charge in [0, 0.05) is 12.6 Å². The number of methoxy groups -OCH3 is 1. The molecule has 3 N–H and O–H groups in total. The number of esters is 1. The molecule has 0 spiro atoms. The van der Waals surface area contributed by atoms with Gasteiger partial charge in [-0.3, -0.25) is 9.52 Å². The molecule has 0 unspecified atom stereocenters. The second-order valence-electron chi connectivity index (χ2n) is 11.1. The number of benzene rings is 2. The minimum atomic E-state index is -3.56. The fraction of sp³-hybridized carbons (Fsp3) is 0.519. The number of hydrogen-bond donors (Lipinski definition) is 3. The first kappa shape index (κ1) is 30.8. The molecule has 0 aliphatic heterocycles.